The first-order valence-electron chi connectivity index (χ1n) is 11.4. The fourth-order valence-electron chi connectivity index (χ4n) is 4.35. The van der Waals surface area contributed by atoms with Crippen molar-refractivity contribution in [2.24, 2.45) is 5.73 Å². The van der Waals surface area contributed by atoms with Crippen LogP contribution in [0.5, 0.6) is 11.6 Å². The summed E-state index contributed by atoms with van der Waals surface area (Å²) in [4.78, 5) is 24.9. The number of nitrogens with two attached hydrogens (primary N) is 1. The summed E-state index contributed by atoms with van der Waals surface area (Å²) in [7, 11) is 1.60. The minimum atomic E-state index is -0.192. The summed E-state index contributed by atoms with van der Waals surface area (Å²) < 4.78 is 16.8. The van der Waals surface area contributed by atoms with Crippen LogP contribution in [0.25, 0.3) is 11.0 Å². The summed E-state index contributed by atoms with van der Waals surface area (Å²) in [6, 6.07) is 9.46. The van der Waals surface area contributed by atoms with Crippen LogP contribution in [-0.2, 0) is 22.5 Å². The molecule has 0 spiro atoms. The van der Waals surface area contributed by atoms with Crippen LogP contribution < -0.4 is 25.8 Å². The number of rotatable bonds is 7. The van der Waals surface area contributed by atoms with E-state index in [2.05, 4.69) is 25.6 Å². The van der Waals surface area contributed by atoms with Gasteiger partial charge in [0.2, 0.25) is 5.88 Å². The third-order valence-electron chi connectivity index (χ3n) is 6.20. The highest BCUT2D eigenvalue weighted by molar-refractivity contribution is 5.94. The molecular formula is C24H28N6O4. The first kappa shape index (κ1) is 22.5. The van der Waals surface area contributed by atoms with Gasteiger partial charge in [0.15, 0.2) is 18.2 Å². The van der Waals surface area contributed by atoms with Gasteiger partial charge in [0.1, 0.15) is 0 Å². The van der Waals surface area contributed by atoms with Gasteiger partial charge in [-0.25, -0.2) is 9.97 Å². The minimum Gasteiger partial charge on any atom is -0.481 e. The summed E-state index contributed by atoms with van der Waals surface area (Å²) >= 11 is 0. The third-order valence-corrected chi connectivity index (χ3v) is 6.20. The molecule has 0 aromatic carbocycles. The van der Waals surface area contributed by atoms with Crippen molar-refractivity contribution in [3.8, 4) is 11.6 Å². The Morgan fingerprint density at radius 3 is 2.97 bits per heavy atom. The van der Waals surface area contributed by atoms with E-state index < -0.39 is 0 Å². The van der Waals surface area contributed by atoms with Crippen LogP contribution in [-0.4, -0.2) is 59.4 Å². The minimum absolute atomic E-state index is 0.0249. The Morgan fingerprint density at radius 1 is 1.24 bits per heavy atom. The molecule has 178 valence electrons. The van der Waals surface area contributed by atoms with Gasteiger partial charge in [0, 0.05) is 30.9 Å². The second-order valence-electron chi connectivity index (χ2n) is 8.57. The molecule has 2 aliphatic heterocycles. The first-order valence-corrected chi connectivity index (χ1v) is 11.4. The molecule has 0 radical (unpaired) electrons. The van der Waals surface area contributed by atoms with E-state index in [0.717, 1.165) is 35.1 Å². The van der Waals surface area contributed by atoms with Crippen LogP contribution in [0.4, 0.5) is 5.82 Å². The number of fused-ring (bicyclic) bond motifs is 2. The summed E-state index contributed by atoms with van der Waals surface area (Å²) in [6.07, 6.45) is 4.22. The van der Waals surface area contributed by atoms with Crippen LogP contribution >= 0.6 is 0 Å². The molecule has 1 amide bonds. The molecule has 3 aromatic heterocycles. The molecule has 0 unspecified atom stereocenters. The lowest BCUT2D eigenvalue weighted by molar-refractivity contribution is -0.118. The molecule has 1 fully saturated rings. The van der Waals surface area contributed by atoms with Crippen molar-refractivity contribution in [2.45, 2.75) is 44.0 Å². The Balaban J connectivity index is 1.14. The van der Waals surface area contributed by atoms with E-state index in [1.54, 1.807) is 19.4 Å². The van der Waals surface area contributed by atoms with E-state index in [1.165, 1.54) is 0 Å². The number of nitrogens with one attached hydrogen (secondary N) is 2. The standard InChI is InChI=1S/C24H28N6O4/c1-32-22-7-4-18-23(30-22)14(8-9-26-18)10-17(25)19-5-3-16(12-33-19)27-11-15-2-6-20-24(28-15)29-21(31)13-34-20/h2,4,6-9,16-17,19,27H,3,5,10-13,25H2,1H3,(H,28,29,31)/t16-,17+,19+/m1/s1. The van der Waals surface area contributed by atoms with Crippen molar-refractivity contribution in [1.29, 1.82) is 0 Å². The number of hydrogen-bond donors (Lipinski definition) is 3. The predicted molar refractivity (Wildman–Crippen MR) is 126 cm³/mol. The molecule has 5 heterocycles. The zero-order valence-corrected chi connectivity index (χ0v) is 19.0. The van der Waals surface area contributed by atoms with E-state index in [-0.39, 0.29) is 30.7 Å². The maximum atomic E-state index is 11.5. The third kappa shape index (κ3) is 4.93. The lowest BCUT2D eigenvalue weighted by atomic mass is 9.95. The number of ether oxygens (including phenoxy) is 3. The monoisotopic (exact) mass is 464 g/mol. The number of carbonyl (C=O) groups is 1. The molecule has 1 saturated heterocycles. The van der Waals surface area contributed by atoms with Gasteiger partial charge in [-0.1, -0.05) is 0 Å². The largest absolute Gasteiger partial charge is 0.481 e. The van der Waals surface area contributed by atoms with Gasteiger partial charge < -0.3 is 30.6 Å². The summed E-state index contributed by atoms with van der Waals surface area (Å²) in [5.74, 6) is 1.43. The molecule has 10 nitrogen and oxygen atoms in total. The number of anilines is 1. The van der Waals surface area contributed by atoms with E-state index in [9.17, 15) is 4.79 Å². The zero-order valence-electron chi connectivity index (χ0n) is 19.0. The summed E-state index contributed by atoms with van der Waals surface area (Å²) in [6.45, 7) is 1.17. The van der Waals surface area contributed by atoms with Crippen molar-refractivity contribution < 1.29 is 19.0 Å². The van der Waals surface area contributed by atoms with E-state index in [0.29, 0.717) is 37.0 Å². The molecule has 3 aromatic rings. The van der Waals surface area contributed by atoms with Gasteiger partial charge in [-0.2, -0.15) is 0 Å². The number of aromatic nitrogens is 3. The van der Waals surface area contributed by atoms with Crippen LogP contribution in [0.1, 0.15) is 24.1 Å². The van der Waals surface area contributed by atoms with Crippen molar-refractivity contribution in [3.63, 3.8) is 0 Å². The molecule has 0 aliphatic carbocycles. The van der Waals surface area contributed by atoms with Crippen LogP contribution in [0.3, 0.4) is 0 Å². The van der Waals surface area contributed by atoms with Crippen LogP contribution in [0.2, 0.25) is 0 Å². The number of methoxy groups -OCH3 is 1. The Morgan fingerprint density at radius 2 is 2.15 bits per heavy atom. The molecule has 4 N–H and O–H groups in total. The fraction of sp³-hybridized carbons (Fsp3) is 0.417. The van der Waals surface area contributed by atoms with Crippen molar-refractivity contribution in [2.75, 3.05) is 25.6 Å². The molecule has 3 atom stereocenters. The Kier molecular flexibility index (Phi) is 6.52. The molecule has 0 saturated carbocycles. The van der Waals surface area contributed by atoms with Crippen molar-refractivity contribution in [1.82, 2.24) is 20.3 Å². The normalized spacial score (nSPS) is 20.8. The maximum absolute atomic E-state index is 11.5. The van der Waals surface area contributed by atoms with Crippen LogP contribution in [0, 0.1) is 0 Å². The van der Waals surface area contributed by atoms with Gasteiger partial charge in [0.25, 0.3) is 5.91 Å². The second-order valence-corrected chi connectivity index (χ2v) is 8.57. The molecule has 0 bridgehead atoms. The molecule has 34 heavy (non-hydrogen) atoms. The molecule has 5 rings (SSSR count). The van der Waals surface area contributed by atoms with Gasteiger partial charge in [0.05, 0.1) is 36.5 Å². The number of amides is 1. The van der Waals surface area contributed by atoms with Gasteiger partial charge in [-0.3, -0.25) is 9.78 Å². The lowest BCUT2D eigenvalue weighted by Crippen LogP contribution is -2.47. The average Bonchev–Trinajstić information content (AvgIpc) is 2.87. The molecule has 10 heteroatoms. The molecular weight excluding hydrogens is 436 g/mol. The highest BCUT2D eigenvalue weighted by Crippen LogP contribution is 2.26. The van der Waals surface area contributed by atoms with Gasteiger partial charge in [-0.15, -0.1) is 0 Å². The van der Waals surface area contributed by atoms with E-state index >= 15 is 0 Å². The first-order chi connectivity index (χ1) is 16.6. The topological polar surface area (TPSA) is 134 Å². The number of pyridine rings is 3. The zero-order chi connectivity index (χ0) is 23.5. The van der Waals surface area contributed by atoms with Crippen molar-refractivity contribution in [3.05, 3.63) is 47.8 Å². The van der Waals surface area contributed by atoms with Gasteiger partial charge >= 0.3 is 0 Å². The SMILES string of the molecule is COc1ccc2nccc(C[C@H](N)[C@@H]3CC[C@@H](NCc4ccc5c(n4)NC(=O)CO5)CO3)c2n1. The summed E-state index contributed by atoms with van der Waals surface area (Å²) in [5.41, 5.74) is 10.0. The Labute approximate surface area is 197 Å². The van der Waals surface area contributed by atoms with Gasteiger partial charge in [-0.05, 0) is 49.1 Å². The highest BCUT2D eigenvalue weighted by atomic mass is 16.5. The quantitative estimate of drug-likeness (QED) is 0.476. The second kappa shape index (κ2) is 9.88. The summed E-state index contributed by atoms with van der Waals surface area (Å²) in [5, 5.41) is 6.22. The predicted octanol–water partition coefficient (Wildman–Crippen LogP) is 1.57. The van der Waals surface area contributed by atoms with E-state index in [4.69, 9.17) is 19.9 Å². The highest BCUT2D eigenvalue weighted by Gasteiger charge is 2.27. The van der Waals surface area contributed by atoms with Crippen molar-refractivity contribution >= 4 is 22.8 Å². The molecule has 2 aliphatic rings. The Hall–Kier alpha value is -3.34. The van der Waals surface area contributed by atoms with Crippen LogP contribution in [0.15, 0.2) is 36.5 Å². The number of nitrogens with zero attached hydrogens (tertiary/aromatic N) is 3. The van der Waals surface area contributed by atoms with E-state index in [1.807, 2.05) is 24.3 Å². The average molecular weight is 465 g/mol. The number of hydrogen-bond acceptors (Lipinski definition) is 9. The Bertz CT molecular complexity index is 1180. The smallest absolute Gasteiger partial charge is 0.263 e. The fourth-order valence-corrected chi connectivity index (χ4v) is 4.35. The lowest BCUT2D eigenvalue weighted by Gasteiger charge is -2.33. The number of carbonyl (C=O) groups excluding carboxylic acids is 1. The maximum Gasteiger partial charge on any atom is 0.263 e.